The van der Waals surface area contributed by atoms with E-state index in [2.05, 4.69) is 44.6 Å². The van der Waals surface area contributed by atoms with E-state index in [0.717, 1.165) is 33.6 Å². The number of hydrogen-bond donors (Lipinski definition) is 1. The highest BCUT2D eigenvalue weighted by Gasteiger charge is 2.12. The smallest absolute Gasteiger partial charge is 0.204 e. The van der Waals surface area contributed by atoms with E-state index in [-0.39, 0.29) is 0 Å². The van der Waals surface area contributed by atoms with Crippen molar-refractivity contribution >= 4 is 21.8 Å². The predicted octanol–water partition coefficient (Wildman–Crippen LogP) is 2.75. The van der Waals surface area contributed by atoms with Crippen LogP contribution in [-0.2, 0) is 10.8 Å². The molecule has 4 aromatic rings. The van der Waals surface area contributed by atoms with Crippen LogP contribution < -0.4 is 0 Å². The minimum Gasteiger partial charge on any atom is -0.254 e. The van der Waals surface area contributed by atoms with Crippen LogP contribution in [0.25, 0.3) is 28.1 Å². The number of aromatic amines is 1. The number of benzene rings is 1. The maximum atomic E-state index is 12.4. The summed E-state index contributed by atoms with van der Waals surface area (Å²) in [5.41, 5.74) is 2.46. The van der Waals surface area contributed by atoms with Gasteiger partial charge in [-0.15, -0.1) is 10.2 Å². The fourth-order valence-electron chi connectivity index (χ4n) is 2.71. The summed E-state index contributed by atoms with van der Waals surface area (Å²) in [6, 6.07) is 9.57. The monoisotopic (exact) mass is 381 g/mol. The molecule has 0 bridgehead atoms. The molecule has 8 nitrogen and oxygen atoms in total. The minimum absolute atomic E-state index is 0.531. The van der Waals surface area contributed by atoms with Gasteiger partial charge in [0.05, 0.1) is 27.6 Å². The van der Waals surface area contributed by atoms with E-state index in [1.54, 1.807) is 17.1 Å². The second kappa shape index (κ2) is 7.36. The maximum absolute atomic E-state index is 12.4. The Balaban J connectivity index is 1.61. The van der Waals surface area contributed by atoms with E-state index in [1.807, 2.05) is 30.3 Å². The van der Waals surface area contributed by atoms with Crippen molar-refractivity contribution < 1.29 is 4.21 Å². The Morgan fingerprint density at radius 2 is 2.00 bits per heavy atom. The number of pyridine rings is 1. The van der Waals surface area contributed by atoms with Gasteiger partial charge in [-0.25, -0.2) is 9.67 Å². The van der Waals surface area contributed by atoms with Crippen molar-refractivity contribution in [2.75, 3.05) is 5.75 Å². The van der Waals surface area contributed by atoms with Crippen molar-refractivity contribution in [2.24, 2.45) is 5.92 Å². The average Bonchev–Trinajstić information content (AvgIpc) is 3.35. The predicted molar refractivity (Wildman–Crippen MR) is 103 cm³/mol. The lowest BCUT2D eigenvalue weighted by atomic mass is 10.2. The Labute approximate surface area is 158 Å². The number of aromatic nitrogens is 7. The van der Waals surface area contributed by atoms with E-state index in [0.29, 0.717) is 17.5 Å². The van der Waals surface area contributed by atoms with Crippen LogP contribution in [0.2, 0.25) is 0 Å². The zero-order chi connectivity index (χ0) is 18.8. The zero-order valence-corrected chi connectivity index (χ0v) is 15.8. The number of nitrogens with one attached hydrogen (secondary N) is 1. The number of nitrogens with zero attached hydrogens (tertiary/aromatic N) is 6. The highest BCUT2D eigenvalue weighted by atomic mass is 32.2. The molecule has 3 aromatic heterocycles. The molecule has 0 saturated carbocycles. The lowest BCUT2D eigenvalue weighted by Gasteiger charge is -2.06. The van der Waals surface area contributed by atoms with E-state index in [4.69, 9.17) is 0 Å². The summed E-state index contributed by atoms with van der Waals surface area (Å²) in [5, 5.41) is 19.3. The molecule has 0 saturated heterocycles. The van der Waals surface area contributed by atoms with Gasteiger partial charge in [-0.1, -0.05) is 13.8 Å². The van der Waals surface area contributed by atoms with E-state index in [1.165, 1.54) is 0 Å². The highest BCUT2D eigenvalue weighted by Crippen LogP contribution is 2.21. The standard InChI is InChI=1S/C18H19N7OS/c1-12(2)7-8-27(26)16-9-14-10-20-25(18(14)19-11-16)15-5-3-13(4-6-15)17-21-23-24-22-17/h3-6,9-12H,7-8H2,1-2H3,(H,21,22,23,24)/t27-/m0/s1. The molecule has 0 amide bonds. The Kier molecular flexibility index (Phi) is 4.76. The first-order valence-corrected chi connectivity index (χ1v) is 10.00. The molecule has 0 aliphatic rings. The van der Waals surface area contributed by atoms with E-state index >= 15 is 0 Å². The molecule has 4 rings (SSSR count). The summed E-state index contributed by atoms with van der Waals surface area (Å²) >= 11 is 0. The van der Waals surface area contributed by atoms with Gasteiger partial charge in [-0.2, -0.15) is 10.3 Å². The quantitative estimate of drug-likeness (QED) is 0.551. The summed E-state index contributed by atoms with van der Waals surface area (Å²) in [6.45, 7) is 4.26. The molecule has 0 aliphatic carbocycles. The van der Waals surface area contributed by atoms with Crippen LogP contribution in [0.1, 0.15) is 20.3 Å². The van der Waals surface area contributed by atoms with Crippen molar-refractivity contribution in [3.05, 3.63) is 42.7 Å². The van der Waals surface area contributed by atoms with Crippen LogP contribution in [0.15, 0.2) is 47.6 Å². The fourth-order valence-corrected chi connectivity index (χ4v) is 4.06. The van der Waals surface area contributed by atoms with Gasteiger partial charge < -0.3 is 0 Å². The number of hydrogen-bond acceptors (Lipinski definition) is 6. The van der Waals surface area contributed by atoms with Crippen LogP contribution in [-0.4, -0.2) is 45.4 Å². The molecule has 0 unspecified atom stereocenters. The molecule has 0 fully saturated rings. The third-order valence-corrected chi connectivity index (χ3v) is 5.60. The Morgan fingerprint density at radius 1 is 1.19 bits per heavy atom. The Bertz CT molecular complexity index is 1070. The van der Waals surface area contributed by atoms with E-state index in [9.17, 15) is 4.21 Å². The minimum atomic E-state index is -1.04. The van der Waals surface area contributed by atoms with Crippen molar-refractivity contribution in [2.45, 2.75) is 25.2 Å². The summed E-state index contributed by atoms with van der Waals surface area (Å²) in [5.74, 6) is 1.72. The summed E-state index contributed by atoms with van der Waals surface area (Å²) in [4.78, 5) is 5.25. The molecule has 1 N–H and O–H groups in total. The normalized spacial score (nSPS) is 12.7. The van der Waals surface area contributed by atoms with Crippen LogP contribution in [0.4, 0.5) is 0 Å². The van der Waals surface area contributed by atoms with Gasteiger partial charge in [0.1, 0.15) is 0 Å². The topological polar surface area (TPSA) is 102 Å². The third-order valence-electron chi connectivity index (χ3n) is 4.24. The van der Waals surface area contributed by atoms with Gasteiger partial charge in [0.25, 0.3) is 0 Å². The largest absolute Gasteiger partial charge is 0.254 e. The lowest BCUT2D eigenvalue weighted by molar-refractivity contribution is 0.619. The third kappa shape index (κ3) is 3.63. The SMILES string of the molecule is CC(C)CC[S@](=O)c1cnc2c(cnn2-c2ccc(-c3nn[nH]n3)cc2)c1. The fraction of sp³-hybridized carbons (Fsp3) is 0.278. The molecule has 27 heavy (non-hydrogen) atoms. The molecule has 0 aliphatic heterocycles. The molecular weight excluding hydrogens is 362 g/mol. The van der Waals surface area contributed by atoms with Gasteiger partial charge in [0.15, 0.2) is 5.65 Å². The molecule has 1 aromatic carbocycles. The van der Waals surface area contributed by atoms with Gasteiger partial charge in [0, 0.05) is 22.9 Å². The van der Waals surface area contributed by atoms with Crippen LogP contribution in [0, 0.1) is 5.92 Å². The molecule has 9 heteroatoms. The number of rotatable bonds is 6. The first-order valence-electron chi connectivity index (χ1n) is 8.68. The molecular formula is C18H19N7OS. The second-order valence-corrected chi connectivity index (χ2v) is 8.23. The average molecular weight is 381 g/mol. The number of H-pyrrole nitrogens is 1. The van der Waals surface area contributed by atoms with Gasteiger partial charge in [-0.3, -0.25) is 4.21 Å². The summed E-state index contributed by atoms with van der Waals surface area (Å²) < 4.78 is 14.2. The van der Waals surface area contributed by atoms with Crippen LogP contribution in [0.5, 0.6) is 0 Å². The highest BCUT2D eigenvalue weighted by molar-refractivity contribution is 7.85. The van der Waals surface area contributed by atoms with Crippen LogP contribution in [0.3, 0.4) is 0 Å². The summed E-state index contributed by atoms with van der Waals surface area (Å²) in [6.07, 6.45) is 4.36. The lowest BCUT2D eigenvalue weighted by Crippen LogP contribution is -2.03. The number of fused-ring (bicyclic) bond motifs is 1. The van der Waals surface area contributed by atoms with Crippen molar-refractivity contribution in [1.29, 1.82) is 0 Å². The van der Waals surface area contributed by atoms with Gasteiger partial charge in [0.2, 0.25) is 5.82 Å². The first kappa shape index (κ1) is 17.5. The van der Waals surface area contributed by atoms with E-state index < -0.39 is 10.8 Å². The van der Waals surface area contributed by atoms with Gasteiger partial charge >= 0.3 is 0 Å². The molecule has 0 radical (unpaired) electrons. The van der Waals surface area contributed by atoms with Crippen molar-refractivity contribution in [1.82, 2.24) is 35.4 Å². The Hall–Kier alpha value is -2.94. The molecule has 138 valence electrons. The molecule has 1 atom stereocenters. The van der Waals surface area contributed by atoms with Crippen molar-refractivity contribution in [3.63, 3.8) is 0 Å². The molecule has 3 heterocycles. The summed E-state index contributed by atoms with van der Waals surface area (Å²) in [7, 11) is -1.04. The maximum Gasteiger partial charge on any atom is 0.204 e. The molecule has 0 spiro atoms. The van der Waals surface area contributed by atoms with Crippen molar-refractivity contribution in [3.8, 4) is 17.1 Å². The van der Waals surface area contributed by atoms with Crippen LogP contribution >= 0.6 is 0 Å². The number of tetrazole rings is 1. The first-order chi connectivity index (χ1) is 13.1. The second-order valence-electron chi connectivity index (χ2n) is 6.65. The van der Waals surface area contributed by atoms with Gasteiger partial charge in [-0.05, 0) is 47.9 Å². The Morgan fingerprint density at radius 3 is 2.70 bits per heavy atom. The zero-order valence-electron chi connectivity index (χ0n) is 15.0.